The third-order valence-corrected chi connectivity index (χ3v) is 4.97. The van der Waals surface area contributed by atoms with E-state index in [1.807, 2.05) is 0 Å². The summed E-state index contributed by atoms with van der Waals surface area (Å²) in [6.45, 7) is 1.99. The molecule has 2 heteroatoms. The Bertz CT molecular complexity index is 602. The summed E-state index contributed by atoms with van der Waals surface area (Å²) in [7, 11) is 1.76. The van der Waals surface area contributed by atoms with Gasteiger partial charge in [0.05, 0.1) is 7.11 Å². The normalized spacial score (nSPS) is 16.0. The van der Waals surface area contributed by atoms with Gasteiger partial charge in [-0.3, -0.25) is 0 Å². The summed E-state index contributed by atoms with van der Waals surface area (Å²) in [6, 6.07) is 12.8. The van der Waals surface area contributed by atoms with E-state index in [1.165, 1.54) is 54.9 Å². The zero-order valence-corrected chi connectivity index (χ0v) is 13.6. The minimum Gasteiger partial charge on any atom is -0.496 e. The number of methoxy groups -OCH3 is 1. The fourth-order valence-corrected chi connectivity index (χ4v) is 3.68. The van der Waals surface area contributed by atoms with E-state index in [1.54, 1.807) is 7.11 Å². The minimum atomic E-state index is 0.886. The molecule has 0 unspecified atom stereocenters. The standard InChI is InChI=1S/C20H27NO/c1-22-20-12-11-17-9-5-6-10-18(17)19(20)15-21-14-13-16-7-3-2-4-8-16/h5-6,9-12,16,21H,2-4,7-8,13-15H2,1H3. The van der Waals surface area contributed by atoms with Crippen molar-refractivity contribution in [2.75, 3.05) is 13.7 Å². The molecule has 1 aliphatic rings. The van der Waals surface area contributed by atoms with Gasteiger partial charge >= 0.3 is 0 Å². The maximum absolute atomic E-state index is 5.56. The van der Waals surface area contributed by atoms with Crippen molar-refractivity contribution in [1.82, 2.24) is 5.32 Å². The van der Waals surface area contributed by atoms with Crippen LogP contribution in [0.15, 0.2) is 36.4 Å². The summed E-state index contributed by atoms with van der Waals surface area (Å²) >= 11 is 0. The van der Waals surface area contributed by atoms with Gasteiger partial charge in [-0.05, 0) is 35.7 Å². The van der Waals surface area contributed by atoms with Crippen molar-refractivity contribution in [2.45, 2.75) is 45.1 Å². The molecule has 0 amide bonds. The Labute approximate surface area is 133 Å². The summed E-state index contributed by atoms with van der Waals surface area (Å²) in [5.74, 6) is 1.93. The van der Waals surface area contributed by atoms with Crippen molar-refractivity contribution in [3.05, 3.63) is 42.0 Å². The lowest BCUT2D eigenvalue weighted by molar-refractivity contribution is 0.333. The lowest BCUT2D eigenvalue weighted by Gasteiger charge is -2.21. The van der Waals surface area contributed by atoms with Crippen LogP contribution in [-0.2, 0) is 6.54 Å². The molecule has 1 N–H and O–H groups in total. The topological polar surface area (TPSA) is 21.3 Å². The van der Waals surface area contributed by atoms with E-state index in [2.05, 4.69) is 41.7 Å². The molecule has 118 valence electrons. The highest BCUT2D eigenvalue weighted by molar-refractivity contribution is 5.87. The zero-order valence-electron chi connectivity index (χ0n) is 13.6. The molecule has 22 heavy (non-hydrogen) atoms. The number of hydrogen-bond donors (Lipinski definition) is 1. The monoisotopic (exact) mass is 297 g/mol. The summed E-state index contributed by atoms with van der Waals surface area (Å²) in [5.41, 5.74) is 1.28. The fraction of sp³-hybridized carbons (Fsp3) is 0.500. The molecular weight excluding hydrogens is 270 g/mol. The Morgan fingerprint density at radius 2 is 1.86 bits per heavy atom. The van der Waals surface area contributed by atoms with Gasteiger partial charge in [0.2, 0.25) is 0 Å². The van der Waals surface area contributed by atoms with Crippen LogP contribution in [0.2, 0.25) is 0 Å². The average molecular weight is 297 g/mol. The van der Waals surface area contributed by atoms with Crippen molar-refractivity contribution in [3.8, 4) is 5.75 Å². The van der Waals surface area contributed by atoms with Crippen molar-refractivity contribution in [2.24, 2.45) is 5.92 Å². The first-order valence-corrected chi connectivity index (χ1v) is 8.64. The molecule has 0 heterocycles. The van der Waals surface area contributed by atoms with Gasteiger partial charge in [-0.2, -0.15) is 0 Å². The Morgan fingerprint density at radius 1 is 1.05 bits per heavy atom. The predicted molar refractivity (Wildman–Crippen MR) is 93.4 cm³/mol. The molecule has 0 spiro atoms. The molecule has 2 aromatic rings. The second-order valence-electron chi connectivity index (χ2n) is 6.44. The van der Waals surface area contributed by atoms with Crippen LogP contribution < -0.4 is 10.1 Å². The van der Waals surface area contributed by atoms with E-state index in [0.29, 0.717) is 0 Å². The van der Waals surface area contributed by atoms with E-state index in [0.717, 1.165) is 24.8 Å². The second kappa shape index (κ2) is 7.64. The molecule has 0 atom stereocenters. The van der Waals surface area contributed by atoms with Crippen molar-refractivity contribution in [3.63, 3.8) is 0 Å². The zero-order chi connectivity index (χ0) is 15.2. The molecular formula is C20H27NO. The van der Waals surface area contributed by atoms with E-state index >= 15 is 0 Å². The molecule has 2 nitrogen and oxygen atoms in total. The van der Waals surface area contributed by atoms with Crippen LogP contribution in [0.5, 0.6) is 5.75 Å². The molecule has 0 aromatic heterocycles. The quantitative estimate of drug-likeness (QED) is 0.765. The largest absolute Gasteiger partial charge is 0.496 e. The van der Waals surface area contributed by atoms with Crippen LogP contribution >= 0.6 is 0 Å². The van der Waals surface area contributed by atoms with Crippen LogP contribution in [0.1, 0.15) is 44.1 Å². The van der Waals surface area contributed by atoms with Gasteiger partial charge in [0.25, 0.3) is 0 Å². The Balaban J connectivity index is 1.62. The first kappa shape index (κ1) is 15.4. The molecule has 0 bridgehead atoms. The number of rotatable bonds is 6. The molecule has 1 saturated carbocycles. The van der Waals surface area contributed by atoms with Crippen LogP contribution in [0, 0.1) is 5.92 Å². The smallest absolute Gasteiger partial charge is 0.123 e. The highest BCUT2D eigenvalue weighted by atomic mass is 16.5. The number of fused-ring (bicyclic) bond motifs is 1. The number of nitrogens with one attached hydrogen (secondary N) is 1. The maximum atomic E-state index is 5.56. The fourth-order valence-electron chi connectivity index (χ4n) is 3.68. The van der Waals surface area contributed by atoms with E-state index < -0.39 is 0 Å². The summed E-state index contributed by atoms with van der Waals surface area (Å²) < 4.78 is 5.56. The Hall–Kier alpha value is -1.54. The predicted octanol–water partition coefficient (Wildman–Crippen LogP) is 4.91. The van der Waals surface area contributed by atoms with Crippen LogP contribution in [0.4, 0.5) is 0 Å². The third-order valence-electron chi connectivity index (χ3n) is 4.97. The number of ether oxygens (including phenoxy) is 1. The molecule has 1 fully saturated rings. The van der Waals surface area contributed by atoms with Crippen molar-refractivity contribution >= 4 is 10.8 Å². The average Bonchev–Trinajstić information content (AvgIpc) is 2.59. The molecule has 0 aliphatic heterocycles. The van der Waals surface area contributed by atoms with Crippen LogP contribution in [-0.4, -0.2) is 13.7 Å². The van der Waals surface area contributed by atoms with Gasteiger partial charge in [0, 0.05) is 12.1 Å². The molecule has 1 aliphatic carbocycles. The third kappa shape index (κ3) is 3.61. The second-order valence-corrected chi connectivity index (χ2v) is 6.44. The first-order chi connectivity index (χ1) is 10.9. The van der Waals surface area contributed by atoms with Gasteiger partial charge in [-0.15, -0.1) is 0 Å². The SMILES string of the molecule is COc1ccc2ccccc2c1CNCCC1CCCCC1. The van der Waals surface area contributed by atoms with E-state index in [9.17, 15) is 0 Å². The molecule has 0 radical (unpaired) electrons. The van der Waals surface area contributed by atoms with Gasteiger partial charge in [-0.25, -0.2) is 0 Å². The number of hydrogen-bond acceptors (Lipinski definition) is 2. The van der Waals surface area contributed by atoms with Crippen molar-refractivity contribution in [1.29, 1.82) is 0 Å². The Morgan fingerprint density at radius 3 is 2.68 bits per heavy atom. The van der Waals surface area contributed by atoms with Crippen molar-refractivity contribution < 1.29 is 4.74 Å². The lowest BCUT2D eigenvalue weighted by atomic mass is 9.87. The summed E-state index contributed by atoms with van der Waals surface area (Å²) in [4.78, 5) is 0. The van der Waals surface area contributed by atoms with Gasteiger partial charge in [-0.1, -0.05) is 62.4 Å². The first-order valence-electron chi connectivity index (χ1n) is 8.64. The minimum absolute atomic E-state index is 0.886. The summed E-state index contributed by atoms with van der Waals surface area (Å²) in [6.07, 6.45) is 8.48. The van der Waals surface area contributed by atoms with Crippen LogP contribution in [0.25, 0.3) is 10.8 Å². The van der Waals surface area contributed by atoms with Gasteiger partial charge in [0.15, 0.2) is 0 Å². The number of benzene rings is 2. The molecule has 2 aromatic carbocycles. The van der Waals surface area contributed by atoms with Gasteiger partial charge in [0.1, 0.15) is 5.75 Å². The maximum Gasteiger partial charge on any atom is 0.123 e. The van der Waals surface area contributed by atoms with Crippen LogP contribution in [0.3, 0.4) is 0 Å². The Kier molecular flexibility index (Phi) is 5.33. The molecule has 0 saturated heterocycles. The highest BCUT2D eigenvalue weighted by Gasteiger charge is 2.13. The van der Waals surface area contributed by atoms with Gasteiger partial charge < -0.3 is 10.1 Å². The molecule has 3 rings (SSSR count). The van der Waals surface area contributed by atoms with E-state index in [-0.39, 0.29) is 0 Å². The lowest BCUT2D eigenvalue weighted by Crippen LogP contribution is -2.19. The highest BCUT2D eigenvalue weighted by Crippen LogP contribution is 2.28. The summed E-state index contributed by atoms with van der Waals surface area (Å²) in [5, 5.41) is 6.22. The van der Waals surface area contributed by atoms with E-state index in [4.69, 9.17) is 4.74 Å².